The van der Waals surface area contributed by atoms with E-state index in [-0.39, 0.29) is 36.6 Å². The predicted octanol–water partition coefficient (Wildman–Crippen LogP) is 2.43. The predicted molar refractivity (Wildman–Crippen MR) is 146 cm³/mol. The summed E-state index contributed by atoms with van der Waals surface area (Å²) in [5.74, 6) is -0.725. The molecule has 4 rings (SSSR count). The summed E-state index contributed by atoms with van der Waals surface area (Å²) in [6.45, 7) is 1.28. The molecule has 2 aliphatic heterocycles. The van der Waals surface area contributed by atoms with Crippen LogP contribution >= 0.6 is 11.6 Å². The third kappa shape index (κ3) is 7.65. The van der Waals surface area contributed by atoms with E-state index in [1.807, 2.05) is 42.5 Å². The second-order valence-electron chi connectivity index (χ2n) is 10.1. The van der Waals surface area contributed by atoms with Crippen molar-refractivity contribution in [2.24, 2.45) is 0 Å². The molecule has 2 aromatic carbocycles. The molecule has 202 valence electrons. The molecule has 0 aromatic heterocycles. The van der Waals surface area contributed by atoms with E-state index in [1.54, 1.807) is 17.0 Å². The zero-order valence-corrected chi connectivity index (χ0v) is 22.2. The molecule has 8 nitrogen and oxygen atoms in total. The topological polar surface area (TPSA) is 108 Å². The zero-order valence-electron chi connectivity index (χ0n) is 21.4. The van der Waals surface area contributed by atoms with Crippen LogP contribution in [0.4, 0.5) is 0 Å². The number of likely N-dealkylation sites (tertiary alicyclic amines) is 1. The Balaban J connectivity index is 1.48. The highest BCUT2D eigenvalue weighted by Gasteiger charge is 2.34. The molecule has 0 radical (unpaired) electrons. The molecule has 3 amide bonds. The van der Waals surface area contributed by atoms with Gasteiger partial charge in [0.15, 0.2) is 0 Å². The normalized spacial score (nSPS) is 20.5. The van der Waals surface area contributed by atoms with Crippen molar-refractivity contribution in [1.82, 2.24) is 20.9 Å². The van der Waals surface area contributed by atoms with Crippen molar-refractivity contribution in [3.8, 4) is 0 Å². The second-order valence-corrected chi connectivity index (χ2v) is 10.5. The van der Waals surface area contributed by atoms with Crippen LogP contribution in [0.2, 0.25) is 5.02 Å². The summed E-state index contributed by atoms with van der Waals surface area (Å²) in [5, 5.41) is 9.74. The van der Waals surface area contributed by atoms with Crippen molar-refractivity contribution in [3.05, 3.63) is 70.7 Å². The first kappa shape index (κ1) is 27.8. The van der Waals surface area contributed by atoms with Gasteiger partial charge in [-0.15, -0.1) is 0 Å². The Hall–Kier alpha value is -3.23. The van der Waals surface area contributed by atoms with Crippen LogP contribution in [0.1, 0.15) is 43.2 Å². The maximum absolute atomic E-state index is 13.5. The van der Waals surface area contributed by atoms with E-state index in [9.17, 15) is 19.2 Å². The third-order valence-corrected chi connectivity index (χ3v) is 7.46. The van der Waals surface area contributed by atoms with Gasteiger partial charge in [0.05, 0.1) is 12.1 Å². The van der Waals surface area contributed by atoms with Gasteiger partial charge in [-0.2, -0.15) is 0 Å². The number of hydrogen-bond donors (Lipinski definition) is 3. The summed E-state index contributed by atoms with van der Waals surface area (Å²) in [5.41, 5.74) is 1.85. The van der Waals surface area contributed by atoms with E-state index < -0.39 is 18.1 Å². The highest BCUT2D eigenvalue weighted by Crippen LogP contribution is 2.19. The molecule has 2 aromatic rings. The van der Waals surface area contributed by atoms with Crippen LogP contribution in [-0.2, 0) is 32.0 Å². The molecule has 2 aliphatic rings. The minimum Gasteiger partial charge on any atom is -0.351 e. The molecule has 2 saturated heterocycles. The average Bonchev–Trinajstić information content (AvgIpc) is 3.62. The minimum atomic E-state index is -0.839. The first-order valence-electron chi connectivity index (χ1n) is 13.3. The molecule has 3 N–H and O–H groups in total. The van der Waals surface area contributed by atoms with Gasteiger partial charge in [-0.3, -0.25) is 14.4 Å². The van der Waals surface area contributed by atoms with Gasteiger partial charge in [0, 0.05) is 30.5 Å². The van der Waals surface area contributed by atoms with Crippen molar-refractivity contribution in [2.75, 3.05) is 13.1 Å². The maximum Gasteiger partial charge on any atom is 0.246 e. The van der Waals surface area contributed by atoms with Crippen molar-refractivity contribution in [1.29, 1.82) is 0 Å². The van der Waals surface area contributed by atoms with Gasteiger partial charge < -0.3 is 25.6 Å². The van der Waals surface area contributed by atoms with Crippen LogP contribution in [0.15, 0.2) is 54.6 Å². The summed E-state index contributed by atoms with van der Waals surface area (Å²) in [6, 6.07) is 14.8. The second kappa shape index (κ2) is 13.5. The molecule has 9 heteroatoms. The van der Waals surface area contributed by atoms with Crippen LogP contribution in [-0.4, -0.2) is 66.2 Å². The molecule has 0 saturated carbocycles. The van der Waals surface area contributed by atoms with E-state index in [1.165, 1.54) is 0 Å². The highest BCUT2D eigenvalue weighted by atomic mass is 35.5. The van der Waals surface area contributed by atoms with Crippen molar-refractivity contribution in [2.45, 2.75) is 69.1 Å². The van der Waals surface area contributed by atoms with Crippen LogP contribution in [0.3, 0.4) is 0 Å². The summed E-state index contributed by atoms with van der Waals surface area (Å²) >= 11 is 6.03. The Morgan fingerprint density at radius 1 is 0.974 bits per heavy atom. The number of rotatable bonds is 11. The van der Waals surface area contributed by atoms with Crippen molar-refractivity contribution in [3.63, 3.8) is 0 Å². The number of carbonyl (C=O) groups is 4. The molecule has 2 heterocycles. The lowest BCUT2D eigenvalue weighted by atomic mass is 10.0. The van der Waals surface area contributed by atoms with Gasteiger partial charge in [0.1, 0.15) is 12.3 Å². The lowest BCUT2D eigenvalue weighted by Gasteiger charge is -2.28. The molecule has 0 bridgehead atoms. The van der Waals surface area contributed by atoms with E-state index in [0.29, 0.717) is 24.4 Å². The van der Waals surface area contributed by atoms with Gasteiger partial charge in [0.2, 0.25) is 17.7 Å². The fourth-order valence-corrected chi connectivity index (χ4v) is 5.35. The van der Waals surface area contributed by atoms with Crippen molar-refractivity contribution >= 4 is 35.6 Å². The number of benzene rings is 2. The SMILES string of the molecule is O=C[C@@H]1CCCN1C(=O)[C@H](Cc1ccc(Cl)cc1)NC(=O)C[C@H](Cc1ccccc1)NC(=O)[C@@H]1CCCN1. The molecule has 38 heavy (non-hydrogen) atoms. The van der Waals surface area contributed by atoms with E-state index >= 15 is 0 Å². The number of nitrogens with zero attached hydrogens (tertiary/aromatic N) is 1. The lowest BCUT2D eigenvalue weighted by Crippen LogP contribution is -2.53. The Labute approximate surface area is 228 Å². The number of aldehydes is 1. The molecule has 2 fully saturated rings. The number of amides is 3. The summed E-state index contributed by atoms with van der Waals surface area (Å²) < 4.78 is 0. The van der Waals surface area contributed by atoms with Gasteiger partial charge in [-0.05, 0) is 61.9 Å². The number of nitrogens with one attached hydrogen (secondary N) is 3. The van der Waals surface area contributed by atoms with E-state index in [4.69, 9.17) is 11.6 Å². The van der Waals surface area contributed by atoms with Crippen LogP contribution in [0, 0.1) is 0 Å². The minimum absolute atomic E-state index is 0.0227. The maximum atomic E-state index is 13.5. The number of carbonyl (C=O) groups excluding carboxylic acids is 4. The highest BCUT2D eigenvalue weighted by molar-refractivity contribution is 6.30. The fraction of sp³-hybridized carbons (Fsp3) is 0.448. The number of hydrogen-bond acceptors (Lipinski definition) is 5. The van der Waals surface area contributed by atoms with Gasteiger partial charge in [0.25, 0.3) is 0 Å². The first-order valence-corrected chi connectivity index (χ1v) is 13.7. The monoisotopic (exact) mass is 538 g/mol. The summed E-state index contributed by atoms with van der Waals surface area (Å²) in [7, 11) is 0. The molecular weight excluding hydrogens is 504 g/mol. The molecule has 4 atom stereocenters. The zero-order chi connectivity index (χ0) is 26.9. The smallest absolute Gasteiger partial charge is 0.246 e. The van der Waals surface area contributed by atoms with Crippen LogP contribution < -0.4 is 16.0 Å². The Kier molecular flexibility index (Phi) is 9.90. The molecular formula is C29H35ClN4O4. The van der Waals surface area contributed by atoms with Crippen molar-refractivity contribution < 1.29 is 19.2 Å². The number of halogens is 1. The van der Waals surface area contributed by atoms with Gasteiger partial charge in [-0.1, -0.05) is 54.1 Å². The largest absolute Gasteiger partial charge is 0.351 e. The van der Waals surface area contributed by atoms with E-state index in [2.05, 4.69) is 16.0 Å². The Morgan fingerprint density at radius 2 is 1.71 bits per heavy atom. The molecule has 0 spiro atoms. The van der Waals surface area contributed by atoms with Gasteiger partial charge >= 0.3 is 0 Å². The summed E-state index contributed by atoms with van der Waals surface area (Å²) in [6.07, 6.45) is 4.65. The Morgan fingerprint density at radius 3 is 2.39 bits per heavy atom. The fourth-order valence-electron chi connectivity index (χ4n) is 5.22. The van der Waals surface area contributed by atoms with Gasteiger partial charge in [-0.25, -0.2) is 0 Å². The standard InChI is InChI=1S/C29H35ClN4O4/c30-22-12-10-21(11-13-22)17-26(29(38)34-15-5-8-24(34)19-35)33-27(36)18-23(16-20-6-2-1-3-7-20)32-28(37)25-9-4-14-31-25/h1-3,6-7,10-13,19,23-26,31H,4-5,8-9,14-18H2,(H,32,37)(H,33,36)/t23-,24-,25-,26-/m0/s1. The summed E-state index contributed by atoms with van der Waals surface area (Å²) in [4.78, 5) is 52.8. The molecule has 0 unspecified atom stereocenters. The molecule has 0 aliphatic carbocycles. The first-order chi connectivity index (χ1) is 18.4. The van der Waals surface area contributed by atoms with Crippen LogP contribution in [0.25, 0.3) is 0 Å². The quantitative estimate of drug-likeness (QED) is 0.381. The average molecular weight is 539 g/mol. The third-order valence-electron chi connectivity index (χ3n) is 7.21. The van der Waals surface area contributed by atoms with Crippen LogP contribution in [0.5, 0.6) is 0 Å². The lowest BCUT2D eigenvalue weighted by molar-refractivity contribution is -0.138. The Bertz CT molecular complexity index is 1110. The van der Waals surface area contributed by atoms with E-state index in [0.717, 1.165) is 43.2 Å².